The highest BCUT2D eigenvalue weighted by molar-refractivity contribution is 5.42. The summed E-state index contributed by atoms with van der Waals surface area (Å²) in [6, 6.07) is 4.29. The number of aliphatic hydroxyl groups excluding tert-OH is 1. The van der Waals surface area contributed by atoms with Crippen molar-refractivity contribution in [2.75, 3.05) is 13.2 Å². The number of aryl methyl sites for hydroxylation is 3. The molecule has 1 aromatic rings. The molecule has 0 amide bonds. The van der Waals surface area contributed by atoms with Gasteiger partial charge in [-0.2, -0.15) is 0 Å². The Labute approximate surface area is 116 Å². The zero-order valence-electron chi connectivity index (χ0n) is 12.6. The summed E-state index contributed by atoms with van der Waals surface area (Å²) in [5, 5.41) is 9.07. The Kier molecular flexibility index (Phi) is 5.83. The Bertz CT molecular complexity index is 390. The van der Waals surface area contributed by atoms with Crippen LogP contribution in [0.15, 0.2) is 12.1 Å². The zero-order chi connectivity index (χ0) is 14.5. The van der Waals surface area contributed by atoms with E-state index in [9.17, 15) is 0 Å². The molecule has 1 rings (SSSR count). The number of aliphatic hydroxyl groups is 1. The number of ether oxygens (including phenoxy) is 1. The van der Waals surface area contributed by atoms with E-state index in [2.05, 4.69) is 32.9 Å². The SMILES string of the molecule is Cc1cc(C)c(OCCCCC(C)(N)CO)c(C)c1. The summed E-state index contributed by atoms with van der Waals surface area (Å²) in [6.45, 7) is 8.87. The summed E-state index contributed by atoms with van der Waals surface area (Å²) >= 11 is 0. The highest BCUT2D eigenvalue weighted by atomic mass is 16.5. The van der Waals surface area contributed by atoms with E-state index < -0.39 is 5.54 Å². The first-order chi connectivity index (χ1) is 8.85. The standard InChI is InChI=1S/C16H27NO2/c1-12-9-13(2)15(14(3)10-12)19-8-6-5-7-16(4,17)11-18/h9-10,18H,5-8,11,17H2,1-4H3. The van der Waals surface area contributed by atoms with Crippen LogP contribution in [0, 0.1) is 20.8 Å². The van der Waals surface area contributed by atoms with Gasteiger partial charge in [-0.3, -0.25) is 0 Å². The molecule has 0 saturated heterocycles. The number of unbranched alkanes of at least 4 members (excludes halogenated alkanes) is 1. The van der Waals surface area contributed by atoms with Crippen molar-refractivity contribution >= 4 is 0 Å². The highest BCUT2D eigenvalue weighted by Crippen LogP contribution is 2.24. The molecule has 0 aliphatic carbocycles. The normalized spacial score (nSPS) is 14.2. The first-order valence-electron chi connectivity index (χ1n) is 6.96. The third kappa shape index (κ3) is 5.21. The summed E-state index contributed by atoms with van der Waals surface area (Å²) in [5.74, 6) is 1.00. The van der Waals surface area contributed by atoms with Crippen LogP contribution in [-0.4, -0.2) is 23.9 Å². The Morgan fingerprint density at radius 1 is 1.16 bits per heavy atom. The lowest BCUT2D eigenvalue weighted by Gasteiger charge is -2.21. The molecule has 3 N–H and O–H groups in total. The van der Waals surface area contributed by atoms with E-state index in [4.69, 9.17) is 15.6 Å². The van der Waals surface area contributed by atoms with E-state index in [0.29, 0.717) is 6.61 Å². The molecule has 0 aromatic heterocycles. The topological polar surface area (TPSA) is 55.5 Å². The van der Waals surface area contributed by atoms with Crippen LogP contribution in [0.4, 0.5) is 0 Å². The van der Waals surface area contributed by atoms with Crippen molar-refractivity contribution in [3.63, 3.8) is 0 Å². The van der Waals surface area contributed by atoms with Crippen LogP contribution < -0.4 is 10.5 Å². The maximum absolute atomic E-state index is 9.07. The highest BCUT2D eigenvalue weighted by Gasteiger charge is 2.15. The van der Waals surface area contributed by atoms with Crippen molar-refractivity contribution in [3.05, 3.63) is 28.8 Å². The molecule has 1 unspecified atom stereocenters. The Hall–Kier alpha value is -1.06. The van der Waals surface area contributed by atoms with Gasteiger partial charge in [0.25, 0.3) is 0 Å². The van der Waals surface area contributed by atoms with Gasteiger partial charge in [-0.05, 0) is 58.1 Å². The summed E-state index contributed by atoms with van der Waals surface area (Å²) < 4.78 is 5.87. The van der Waals surface area contributed by atoms with Gasteiger partial charge in [0.2, 0.25) is 0 Å². The Morgan fingerprint density at radius 2 is 1.74 bits per heavy atom. The summed E-state index contributed by atoms with van der Waals surface area (Å²) in [4.78, 5) is 0. The van der Waals surface area contributed by atoms with Crippen LogP contribution in [0.25, 0.3) is 0 Å². The second-order valence-electron chi connectivity index (χ2n) is 5.85. The summed E-state index contributed by atoms with van der Waals surface area (Å²) in [6.07, 6.45) is 2.75. The van der Waals surface area contributed by atoms with Gasteiger partial charge in [-0.25, -0.2) is 0 Å². The van der Waals surface area contributed by atoms with E-state index in [-0.39, 0.29) is 6.61 Å². The average molecular weight is 265 g/mol. The number of rotatable bonds is 7. The third-order valence-corrected chi connectivity index (χ3v) is 3.35. The molecule has 3 heteroatoms. The zero-order valence-corrected chi connectivity index (χ0v) is 12.6. The number of hydrogen-bond donors (Lipinski definition) is 2. The van der Waals surface area contributed by atoms with Gasteiger partial charge in [0, 0.05) is 5.54 Å². The van der Waals surface area contributed by atoms with Crippen LogP contribution in [0.3, 0.4) is 0 Å². The number of nitrogens with two attached hydrogens (primary N) is 1. The number of benzene rings is 1. The largest absolute Gasteiger partial charge is 0.493 e. The first-order valence-corrected chi connectivity index (χ1v) is 6.96. The smallest absolute Gasteiger partial charge is 0.125 e. The van der Waals surface area contributed by atoms with Crippen LogP contribution in [-0.2, 0) is 0 Å². The molecule has 0 heterocycles. The van der Waals surface area contributed by atoms with Gasteiger partial charge >= 0.3 is 0 Å². The third-order valence-electron chi connectivity index (χ3n) is 3.35. The van der Waals surface area contributed by atoms with Crippen molar-refractivity contribution in [1.29, 1.82) is 0 Å². The van der Waals surface area contributed by atoms with Crippen molar-refractivity contribution in [1.82, 2.24) is 0 Å². The molecule has 19 heavy (non-hydrogen) atoms. The van der Waals surface area contributed by atoms with E-state index >= 15 is 0 Å². The lowest BCUT2D eigenvalue weighted by atomic mass is 9.97. The molecule has 3 nitrogen and oxygen atoms in total. The minimum atomic E-state index is -0.463. The molecule has 0 radical (unpaired) electrons. The molecule has 0 aliphatic rings. The lowest BCUT2D eigenvalue weighted by molar-refractivity contribution is 0.194. The molecule has 0 fully saturated rings. The fraction of sp³-hybridized carbons (Fsp3) is 0.625. The second-order valence-corrected chi connectivity index (χ2v) is 5.85. The average Bonchev–Trinajstić information content (AvgIpc) is 2.31. The maximum Gasteiger partial charge on any atom is 0.125 e. The quantitative estimate of drug-likeness (QED) is 0.745. The number of hydrogen-bond acceptors (Lipinski definition) is 3. The Balaban J connectivity index is 2.38. The fourth-order valence-electron chi connectivity index (χ4n) is 2.28. The molecule has 0 aliphatic heterocycles. The minimum absolute atomic E-state index is 0.0318. The molecule has 0 saturated carbocycles. The van der Waals surface area contributed by atoms with Gasteiger partial charge in [-0.1, -0.05) is 17.7 Å². The maximum atomic E-state index is 9.07. The lowest BCUT2D eigenvalue weighted by Crippen LogP contribution is -2.39. The van der Waals surface area contributed by atoms with Crippen LogP contribution >= 0.6 is 0 Å². The van der Waals surface area contributed by atoms with Gasteiger partial charge < -0.3 is 15.6 Å². The van der Waals surface area contributed by atoms with E-state index in [1.807, 2.05) is 6.92 Å². The van der Waals surface area contributed by atoms with Crippen LogP contribution in [0.5, 0.6) is 5.75 Å². The van der Waals surface area contributed by atoms with Crippen LogP contribution in [0.1, 0.15) is 42.9 Å². The van der Waals surface area contributed by atoms with Crippen molar-refractivity contribution in [2.24, 2.45) is 5.73 Å². The van der Waals surface area contributed by atoms with Crippen molar-refractivity contribution in [3.8, 4) is 5.75 Å². The predicted octanol–water partition coefficient (Wildman–Crippen LogP) is 2.87. The fourth-order valence-corrected chi connectivity index (χ4v) is 2.28. The molecule has 0 bridgehead atoms. The Morgan fingerprint density at radius 3 is 2.26 bits per heavy atom. The summed E-state index contributed by atoms with van der Waals surface area (Å²) in [5.41, 5.74) is 9.07. The molecular formula is C16H27NO2. The first kappa shape index (κ1) is 16.0. The van der Waals surface area contributed by atoms with Gasteiger partial charge in [-0.15, -0.1) is 0 Å². The minimum Gasteiger partial charge on any atom is -0.493 e. The summed E-state index contributed by atoms with van der Waals surface area (Å²) in [7, 11) is 0. The molecule has 0 spiro atoms. The molecule has 1 aromatic carbocycles. The molecule has 108 valence electrons. The van der Waals surface area contributed by atoms with Crippen molar-refractivity contribution < 1.29 is 9.84 Å². The predicted molar refractivity (Wildman–Crippen MR) is 79.7 cm³/mol. The molecule has 1 atom stereocenters. The van der Waals surface area contributed by atoms with Crippen molar-refractivity contribution in [2.45, 2.75) is 52.5 Å². The second kappa shape index (κ2) is 6.92. The van der Waals surface area contributed by atoms with E-state index in [1.165, 1.54) is 16.7 Å². The van der Waals surface area contributed by atoms with E-state index in [1.54, 1.807) is 0 Å². The molecular weight excluding hydrogens is 238 g/mol. The van der Waals surface area contributed by atoms with E-state index in [0.717, 1.165) is 25.0 Å². The van der Waals surface area contributed by atoms with Crippen LogP contribution in [0.2, 0.25) is 0 Å². The van der Waals surface area contributed by atoms with Gasteiger partial charge in [0.15, 0.2) is 0 Å². The monoisotopic (exact) mass is 265 g/mol. The van der Waals surface area contributed by atoms with Gasteiger partial charge in [0.05, 0.1) is 13.2 Å². The van der Waals surface area contributed by atoms with Gasteiger partial charge in [0.1, 0.15) is 5.75 Å².